The monoisotopic (exact) mass is 472 g/mol. The summed E-state index contributed by atoms with van der Waals surface area (Å²) in [5, 5.41) is 28.6. The Balaban J connectivity index is 0.000000224. The van der Waals surface area contributed by atoms with Gasteiger partial charge in [-0.15, -0.1) is 0 Å². The molecule has 22 heavy (non-hydrogen) atoms. The van der Waals surface area contributed by atoms with E-state index in [1.54, 1.807) is 6.07 Å². The highest BCUT2D eigenvalue weighted by Gasteiger charge is 2.20. The van der Waals surface area contributed by atoms with E-state index in [4.69, 9.17) is 39.1 Å². The van der Waals surface area contributed by atoms with Gasteiger partial charge in [0.1, 0.15) is 10.8 Å². The largest absolute Gasteiger partial charge is 0.506 e. The van der Waals surface area contributed by atoms with Crippen LogP contribution in [0.4, 0.5) is 11.4 Å². The van der Waals surface area contributed by atoms with Crippen LogP contribution in [0.25, 0.3) is 0 Å². The first-order valence-corrected chi connectivity index (χ1v) is 7.74. The van der Waals surface area contributed by atoms with E-state index in [1.807, 2.05) is 0 Å². The van der Waals surface area contributed by atoms with E-state index in [-0.39, 0.29) is 16.5 Å². The van der Waals surface area contributed by atoms with Crippen LogP contribution in [-0.4, -0.2) is 15.1 Å². The van der Waals surface area contributed by atoms with Crippen molar-refractivity contribution in [2.45, 2.75) is 0 Å². The van der Waals surface area contributed by atoms with Crippen LogP contribution >= 0.6 is 55.1 Å². The van der Waals surface area contributed by atoms with E-state index in [9.17, 15) is 10.1 Å². The van der Waals surface area contributed by atoms with Gasteiger partial charge >= 0.3 is 5.69 Å². The number of nitrogen functional groups attached to an aromatic ring is 1. The van der Waals surface area contributed by atoms with E-state index in [0.29, 0.717) is 14.0 Å². The lowest BCUT2D eigenvalue weighted by atomic mass is 10.3. The fourth-order valence-electron chi connectivity index (χ4n) is 1.26. The quantitative estimate of drug-likeness (QED) is 0.230. The molecule has 2 aromatic carbocycles. The Kier molecular flexibility index (Phi) is 6.73. The zero-order valence-corrected chi connectivity index (χ0v) is 15.2. The van der Waals surface area contributed by atoms with Crippen molar-refractivity contribution in [2.75, 3.05) is 5.73 Å². The minimum atomic E-state index is -0.734. The highest BCUT2D eigenvalue weighted by atomic mass is 79.9. The maximum absolute atomic E-state index is 10.3. The molecule has 2 aromatic rings. The lowest BCUT2D eigenvalue weighted by molar-refractivity contribution is -0.385. The molecule has 2 rings (SSSR count). The van der Waals surface area contributed by atoms with Crippen LogP contribution in [0, 0.1) is 10.1 Å². The van der Waals surface area contributed by atoms with Gasteiger partial charge in [0, 0.05) is 8.95 Å². The number of aromatic hydroxyl groups is 2. The van der Waals surface area contributed by atoms with Crippen molar-refractivity contribution in [1.29, 1.82) is 0 Å². The summed E-state index contributed by atoms with van der Waals surface area (Å²) in [6, 6.07) is 5.75. The van der Waals surface area contributed by atoms with Crippen molar-refractivity contribution in [2.24, 2.45) is 0 Å². The molecule has 0 aliphatic heterocycles. The standard InChI is InChI=1S/C6H3BrClNO3.C6H5BrClNO/c7-3-1-2-4(10)6(5(3)8)9(11)12;7-3-1-2-4(10)6(9)5(3)8/h1-2,10H;1-2,10H,9H2. The predicted octanol–water partition coefficient (Wildman–Crippen LogP) is 5.11. The number of benzene rings is 2. The molecule has 0 bridgehead atoms. The molecule has 0 aliphatic rings. The second-order valence-corrected chi connectivity index (χ2v) is 6.24. The first-order chi connectivity index (χ1) is 10.2. The third-order valence-corrected chi connectivity index (χ3v) is 4.91. The van der Waals surface area contributed by atoms with Gasteiger partial charge in [-0.3, -0.25) is 10.1 Å². The minimum absolute atomic E-state index is 0.00759. The molecule has 0 fully saturated rings. The lowest BCUT2D eigenvalue weighted by Crippen LogP contribution is -1.90. The number of phenols is 2. The van der Waals surface area contributed by atoms with Crippen molar-refractivity contribution in [1.82, 2.24) is 0 Å². The van der Waals surface area contributed by atoms with E-state index in [2.05, 4.69) is 31.9 Å². The number of rotatable bonds is 1. The average Bonchev–Trinajstić information content (AvgIpc) is 2.46. The number of nitrogens with zero attached hydrogens (tertiary/aromatic N) is 1. The van der Waals surface area contributed by atoms with Crippen LogP contribution in [-0.2, 0) is 0 Å². The van der Waals surface area contributed by atoms with E-state index < -0.39 is 16.4 Å². The smallest absolute Gasteiger partial charge is 0.330 e. The first-order valence-electron chi connectivity index (χ1n) is 5.40. The van der Waals surface area contributed by atoms with Crippen LogP contribution in [0.1, 0.15) is 0 Å². The van der Waals surface area contributed by atoms with Crippen molar-refractivity contribution >= 4 is 66.4 Å². The molecule has 4 N–H and O–H groups in total. The summed E-state index contributed by atoms with van der Waals surface area (Å²) < 4.78 is 1.07. The van der Waals surface area contributed by atoms with Crippen LogP contribution in [0.3, 0.4) is 0 Å². The third-order valence-electron chi connectivity index (χ3n) is 2.34. The molecule has 118 valence electrons. The fourth-order valence-corrected chi connectivity index (χ4v) is 2.31. The Morgan fingerprint density at radius 3 is 1.86 bits per heavy atom. The number of nitro benzene ring substituents is 1. The molecular formula is C12H8Br2Cl2N2O4. The number of halogens is 4. The van der Waals surface area contributed by atoms with Gasteiger partial charge in [-0.2, -0.15) is 0 Å². The SMILES string of the molecule is Nc1c(O)ccc(Br)c1Cl.O=[N+]([O-])c1c(O)ccc(Br)c1Cl. The molecule has 6 nitrogen and oxygen atoms in total. The topological polar surface area (TPSA) is 110 Å². The summed E-state index contributed by atoms with van der Waals surface area (Å²) in [6.07, 6.45) is 0. The van der Waals surface area contributed by atoms with Gasteiger partial charge in [0.15, 0.2) is 5.75 Å². The molecule has 10 heteroatoms. The van der Waals surface area contributed by atoms with Crippen LogP contribution in [0.2, 0.25) is 10.0 Å². The zero-order valence-electron chi connectivity index (χ0n) is 10.6. The van der Waals surface area contributed by atoms with Crippen LogP contribution in [0.5, 0.6) is 11.5 Å². The summed E-state index contributed by atoms with van der Waals surface area (Å²) >= 11 is 17.4. The molecule has 0 amide bonds. The molecule has 0 aliphatic carbocycles. The molecule has 0 aromatic heterocycles. The second kappa shape index (κ2) is 7.87. The van der Waals surface area contributed by atoms with Gasteiger partial charge in [-0.25, -0.2) is 0 Å². The molecule has 0 radical (unpaired) electrons. The highest BCUT2D eigenvalue weighted by Crippen LogP contribution is 2.38. The predicted molar refractivity (Wildman–Crippen MR) is 92.7 cm³/mol. The highest BCUT2D eigenvalue weighted by molar-refractivity contribution is 9.10. The van der Waals surface area contributed by atoms with Gasteiger partial charge in [0.05, 0.1) is 15.6 Å². The van der Waals surface area contributed by atoms with Crippen molar-refractivity contribution in [3.63, 3.8) is 0 Å². The van der Waals surface area contributed by atoms with Gasteiger partial charge in [-0.1, -0.05) is 23.2 Å². The van der Waals surface area contributed by atoms with E-state index >= 15 is 0 Å². The summed E-state index contributed by atoms with van der Waals surface area (Å²) in [6.45, 7) is 0. The van der Waals surface area contributed by atoms with Gasteiger partial charge < -0.3 is 15.9 Å². The number of nitrogens with two attached hydrogens (primary N) is 1. The Hall–Kier alpha value is -1.22. The molecule has 0 unspecified atom stereocenters. The van der Waals surface area contributed by atoms with Crippen LogP contribution < -0.4 is 5.73 Å². The number of nitro groups is 1. The summed E-state index contributed by atoms with van der Waals surface area (Å²) in [7, 11) is 0. The van der Waals surface area contributed by atoms with Crippen molar-refractivity contribution in [3.05, 3.63) is 53.4 Å². The van der Waals surface area contributed by atoms with Gasteiger partial charge in [0.25, 0.3) is 0 Å². The molecule has 0 spiro atoms. The number of hydrogen-bond donors (Lipinski definition) is 3. The normalized spacial score (nSPS) is 9.82. The Morgan fingerprint density at radius 2 is 1.45 bits per heavy atom. The number of anilines is 1. The Labute approximate surface area is 151 Å². The first kappa shape index (κ1) is 18.8. The van der Waals surface area contributed by atoms with Crippen LogP contribution in [0.15, 0.2) is 33.2 Å². The molecule has 0 saturated heterocycles. The van der Waals surface area contributed by atoms with Crippen molar-refractivity contribution in [3.8, 4) is 11.5 Å². The summed E-state index contributed by atoms with van der Waals surface area (Å²) in [5.41, 5.74) is 5.09. The van der Waals surface area contributed by atoms with Gasteiger partial charge in [0.2, 0.25) is 0 Å². The van der Waals surface area contributed by atoms with Gasteiger partial charge in [-0.05, 0) is 56.1 Å². The molecular weight excluding hydrogens is 467 g/mol. The molecule has 0 atom stereocenters. The summed E-state index contributed by atoms with van der Waals surface area (Å²) in [5.74, 6) is -0.429. The van der Waals surface area contributed by atoms with Crippen molar-refractivity contribution < 1.29 is 15.1 Å². The summed E-state index contributed by atoms with van der Waals surface area (Å²) in [4.78, 5) is 9.60. The average molecular weight is 475 g/mol. The number of hydrogen-bond acceptors (Lipinski definition) is 5. The molecule has 0 saturated carbocycles. The Morgan fingerprint density at radius 1 is 1.00 bits per heavy atom. The minimum Gasteiger partial charge on any atom is -0.506 e. The lowest BCUT2D eigenvalue weighted by Gasteiger charge is -2.01. The fraction of sp³-hybridized carbons (Fsp3) is 0. The second-order valence-electron chi connectivity index (χ2n) is 3.78. The maximum Gasteiger partial charge on any atom is 0.330 e. The Bertz CT molecular complexity index is 702. The molecule has 0 heterocycles. The zero-order chi connectivity index (χ0) is 17.0. The van der Waals surface area contributed by atoms with E-state index in [0.717, 1.165) is 0 Å². The number of phenolic OH excluding ortho intramolecular Hbond substituents is 2. The third kappa shape index (κ3) is 4.39. The van der Waals surface area contributed by atoms with E-state index in [1.165, 1.54) is 18.2 Å². The maximum atomic E-state index is 10.3.